The minimum Gasteiger partial charge on any atom is -0.493 e. The van der Waals surface area contributed by atoms with E-state index in [1.165, 1.54) is 44.9 Å². The van der Waals surface area contributed by atoms with E-state index < -0.39 is 0 Å². The Balaban J connectivity index is 1.67. The maximum atomic E-state index is 5.80. The zero-order valence-electron chi connectivity index (χ0n) is 18.5. The Hall–Kier alpha value is -2.10. The summed E-state index contributed by atoms with van der Waals surface area (Å²) in [5.74, 6) is 2.90. The fourth-order valence-electron chi connectivity index (χ4n) is 3.02. The molecule has 1 aromatic heterocycles. The summed E-state index contributed by atoms with van der Waals surface area (Å²) in [6.07, 6.45) is 15.1. The van der Waals surface area contributed by atoms with Crippen LogP contribution < -0.4 is 9.47 Å². The van der Waals surface area contributed by atoms with E-state index in [1.807, 2.05) is 24.3 Å². The molecule has 0 saturated carbocycles. The predicted molar refractivity (Wildman–Crippen MR) is 121 cm³/mol. The van der Waals surface area contributed by atoms with Crippen LogP contribution in [-0.4, -0.2) is 23.2 Å². The van der Waals surface area contributed by atoms with Crippen molar-refractivity contribution in [2.24, 2.45) is 5.92 Å². The molecule has 0 aliphatic carbocycles. The van der Waals surface area contributed by atoms with Crippen LogP contribution in [0.25, 0.3) is 11.4 Å². The zero-order chi connectivity index (χ0) is 20.7. The molecule has 2 rings (SSSR count). The SMILES string of the molecule is CCCCCCCCCCOc1cnc(-c2ccc(OCC(C)CC)cc2)nc1. The van der Waals surface area contributed by atoms with E-state index in [4.69, 9.17) is 9.47 Å². The Labute approximate surface area is 177 Å². The zero-order valence-corrected chi connectivity index (χ0v) is 18.5. The second-order valence-corrected chi connectivity index (χ2v) is 7.91. The molecule has 1 unspecified atom stereocenters. The van der Waals surface area contributed by atoms with E-state index in [2.05, 4.69) is 30.7 Å². The van der Waals surface area contributed by atoms with Gasteiger partial charge < -0.3 is 9.47 Å². The largest absolute Gasteiger partial charge is 0.493 e. The number of rotatable bonds is 15. The third kappa shape index (κ3) is 9.29. The molecule has 1 aromatic carbocycles. The average Bonchev–Trinajstić information content (AvgIpc) is 2.77. The third-order valence-corrected chi connectivity index (χ3v) is 5.24. The summed E-state index contributed by atoms with van der Waals surface area (Å²) in [6, 6.07) is 7.96. The Morgan fingerprint density at radius 1 is 0.759 bits per heavy atom. The molecule has 2 aromatic rings. The van der Waals surface area contributed by atoms with Gasteiger partial charge in [-0.05, 0) is 36.6 Å². The molecule has 0 aliphatic heterocycles. The van der Waals surface area contributed by atoms with Gasteiger partial charge in [-0.25, -0.2) is 9.97 Å². The molecule has 160 valence electrons. The number of benzene rings is 1. The molecular formula is C25H38N2O2. The Morgan fingerprint density at radius 2 is 1.38 bits per heavy atom. The molecule has 4 nitrogen and oxygen atoms in total. The molecule has 0 bridgehead atoms. The Morgan fingerprint density at radius 3 is 2.00 bits per heavy atom. The van der Waals surface area contributed by atoms with Crippen molar-refractivity contribution in [3.8, 4) is 22.9 Å². The van der Waals surface area contributed by atoms with Crippen LogP contribution >= 0.6 is 0 Å². The summed E-state index contributed by atoms with van der Waals surface area (Å²) in [5.41, 5.74) is 0.982. The van der Waals surface area contributed by atoms with E-state index in [1.54, 1.807) is 12.4 Å². The average molecular weight is 399 g/mol. The van der Waals surface area contributed by atoms with Crippen LogP contribution in [0.1, 0.15) is 78.6 Å². The molecule has 1 heterocycles. The first-order chi connectivity index (χ1) is 14.2. The van der Waals surface area contributed by atoms with Crippen molar-refractivity contribution in [3.63, 3.8) is 0 Å². The number of hydrogen-bond acceptors (Lipinski definition) is 4. The van der Waals surface area contributed by atoms with Gasteiger partial charge in [-0.1, -0.05) is 72.1 Å². The van der Waals surface area contributed by atoms with Gasteiger partial charge in [0.15, 0.2) is 11.6 Å². The van der Waals surface area contributed by atoms with E-state index in [0.717, 1.165) is 43.1 Å². The maximum Gasteiger partial charge on any atom is 0.159 e. The van der Waals surface area contributed by atoms with Gasteiger partial charge in [0.25, 0.3) is 0 Å². The van der Waals surface area contributed by atoms with Crippen LogP contribution in [0.3, 0.4) is 0 Å². The summed E-state index contributed by atoms with van der Waals surface area (Å²) in [7, 11) is 0. The Kier molecular flexibility index (Phi) is 11.2. The number of hydrogen-bond donors (Lipinski definition) is 0. The number of unbranched alkanes of at least 4 members (excludes halogenated alkanes) is 7. The van der Waals surface area contributed by atoms with Gasteiger partial charge in [-0.2, -0.15) is 0 Å². The second kappa shape index (κ2) is 14.0. The molecule has 0 fully saturated rings. The second-order valence-electron chi connectivity index (χ2n) is 7.91. The van der Waals surface area contributed by atoms with Gasteiger partial charge in [0.05, 0.1) is 25.6 Å². The van der Waals surface area contributed by atoms with Crippen molar-refractivity contribution < 1.29 is 9.47 Å². The first-order valence-corrected chi connectivity index (χ1v) is 11.4. The highest BCUT2D eigenvalue weighted by atomic mass is 16.5. The molecule has 1 atom stereocenters. The first-order valence-electron chi connectivity index (χ1n) is 11.4. The molecular weight excluding hydrogens is 360 g/mol. The maximum absolute atomic E-state index is 5.80. The molecule has 29 heavy (non-hydrogen) atoms. The molecule has 0 radical (unpaired) electrons. The van der Waals surface area contributed by atoms with Gasteiger partial charge in [-0.3, -0.25) is 0 Å². The lowest BCUT2D eigenvalue weighted by Crippen LogP contribution is -2.07. The molecule has 0 aliphatic rings. The van der Waals surface area contributed by atoms with Crippen molar-refractivity contribution in [1.29, 1.82) is 0 Å². The normalized spacial score (nSPS) is 12.0. The van der Waals surface area contributed by atoms with Gasteiger partial charge in [-0.15, -0.1) is 0 Å². The summed E-state index contributed by atoms with van der Waals surface area (Å²) in [4.78, 5) is 8.89. The fraction of sp³-hybridized carbons (Fsp3) is 0.600. The molecule has 0 saturated heterocycles. The quantitative estimate of drug-likeness (QED) is 0.300. The fourth-order valence-corrected chi connectivity index (χ4v) is 3.02. The number of nitrogens with zero attached hydrogens (tertiary/aromatic N) is 2. The van der Waals surface area contributed by atoms with Gasteiger partial charge in [0, 0.05) is 5.56 Å². The van der Waals surface area contributed by atoms with Gasteiger partial charge >= 0.3 is 0 Å². The van der Waals surface area contributed by atoms with E-state index in [9.17, 15) is 0 Å². The standard InChI is InChI=1S/C25H38N2O2/c1-4-6-7-8-9-10-11-12-17-28-24-18-26-25(27-19-24)22-13-15-23(16-14-22)29-20-21(3)5-2/h13-16,18-19,21H,4-12,17,20H2,1-3H3. The minimum absolute atomic E-state index is 0.566. The van der Waals surface area contributed by atoms with E-state index >= 15 is 0 Å². The van der Waals surface area contributed by atoms with Crippen molar-refractivity contribution >= 4 is 0 Å². The van der Waals surface area contributed by atoms with Crippen LogP contribution in [0.4, 0.5) is 0 Å². The highest BCUT2D eigenvalue weighted by Crippen LogP contribution is 2.21. The lowest BCUT2D eigenvalue weighted by molar-refractivity contribution is 0.256. The van der Waals surface area contributed by atoms with Crippen LogP contribution in [0, 0.1) is 5.92 Å². The lowest BCUT2D eigenvalue weighted by atomic mass is 10.1. The van der Waals surface area contributed by atoms with E-state index in [0.29, 0.717) is 11.7 Å². The van der Waals surface area contributed by atoms with Crippen LogP contribution in [0.15, 0.2) is 36.7 Å². The molecule has 4 heteroatoms. The monoisotopic (exact) mass is 398 g/mol. The molecule has 0 amide bonds. The topological polar surface area (TPSA) is 44.2 Å². The van der Waals surface area contributed by atoms with Crippen molar-refractivity contribution in [1.82, 2.24) is 9.97 Å². The molecule has 0 spiro atoms. The Bertz CT molecular complexity index is 656. The van der Waals surface area contributed by atoms with Crippen LogP contribution in [-0.2, 0) is 0 Å². The summed E-state index contributed by atoms with van der Waals surface area (Å²) >= 11 is 0. The summed E-state index contributed by atoms with van der Waals surface area (Å²) < 4.78 is 11.6. The lowest BCUT2D eigenvalue weighted by Gasteiger charge is -2.11. The third-order valence-electron chi connectivity index (χ3n) is 5.24. The summed E-state index contributed by atoms with van der Waals surface area (Å²) in [5, 5.41) is 0. The van der Waals surface area contributed by atoms with Crippen molar-refractivity contribution in [2.45, 2.75) is 78.6 Å². The molecule has 0 N–H and O–H groups in total. The predicted octanol–water partition coefficient (Wildman–Crippen LogP) is 7.09. The first kappa shape index (κ1) is 23.2. The van der Waals surface area contributed by atoms with Crippen molar-refractivity contribution in [2.75, 3.05) is 13.2 Å². The van der Waals surface area contributed by atoms with Gasteiger partial charge in [0.2, 0.25) is 0 Å². The van der Waals surface area contributed by atoms with E-state index in [-0.39, 0.29) is 0 Å². The number of ether oxygens (including phenoxy) is 2. The number of aromatic nitrogens is 2. The van der Waals surface area contributed by atoms with Crippen LogP contribution in [0.2, 0.25) is 0 Å². The highest BCUT2D eigenvalue weighted by molar-refractivity contribution is 5.56. The smallest absolute Gasteiger partial charge is 0.159 e. The summed E-state index contributed by atoms with van der Waals surface area (Å²) in [6.45, 7) is 8.11. The van der Waals surface area contributed by atoms with Crippen LogP contribution in [0.5, 0.6) is 11.5 Å². The van der Waals surface area contributed by atoms with Crippen molar-refractivity contribution in [3.05, 3.63) is 36.7 Å². The minimum atomic E-state index is 0.566. The van der Waals surface area contributed by atoms with Gasteiger partial charge in [0.1, 0.15) is 5.75 Å². The highest BCUT2D eigenvalue weighted by Gasteiger charge is 2.04.